The maximum Gasteiger partial charge on any atom is 0.123 e. The van der Waals surface area contributed by atoms with Gasteiger partial charge < -0.3 is 10.4 Å². The van der Waals surface area contributed by atoms with Gasteiger partial charge >= 0.3 is 0 Å². The predicted octanol–water partition coefficient (Wildman–Crippen LogP) is 3.57. The minimum Gasteiger partial charge on any atom is -0.508 e. The van der Waals surface area contributed by atoms with Crippen LogP contribution in [0.2, 0.25) is 0 Å². The fourth-order valence-corrected chi connectivity index (χ4v) is 1.92. The molecular weight excluding hydrogens is 229 g/mol. The summed E-state index contributed by atoms with van der Waals surface area (Å²) in [5, 5.41) is 12.7. The van der Waals surface area contributed by atoms with Gasteiger partial charge in [0.2, 0.25) is 0 Å². The average molecular weight is 245 g/mol. The highest BCUT2D eigenvalue weighted by Crippen LogP contribution is 2.15. The van der Waals surface area contributed by atoms with Crippen molar-refractivity contribution < 1.29 is 9.50 Å². The number of hydrogen-bond donors (Lipinski definition) is 2. The Morgan fingerprint density at radius 3 is 2.56 bits per heavy atom. The Hall–Kier alpha value is -2.03. The SMILES string of the molecule is CC(Cc1cccc(O)c1)Nc1ccc(F)cc1. The van der Waals surface area contributed by atoms with Gasteiger partial charge in [0, 0.05) is 11.7 Å². The molecular formula is C15H16FNO. The van der Waals surface area contributed by atoms with E-state index in [2.05, 4.69) is 5.32 Å². The first kappa shape index (κ1) is 12.4. The average Bonchev–Trinajstić information content (AvgIpc) is 2.32. The molecule has 0 heterocycles. The summed E-state index contributed by atoms with van der Waals surface area (Å²) in [6, 6.07) is 13.7. The van der Waals surface area contributed by atoms with Crippen LogP contribution in [-0.4, -0.2) is 11.1 Å². The Labute approximate surface area is 106 Å². The van der Waals surface area contributed by atoms with Crippen LogP contribution >= 0.6 is 0 Å². The summed E-state index contributed by atoms with van der Waals surface area (Å²) in [6.45, 7) is 2.05. The molecule has 0 aliphatic heterocycles. The van der Waals surface area contributed by atoms with Gasteiger partial charge in [-0.3, -0.25) is 0 Å². The van der Waals surface area contributed by atoms with E-state index in [0.717, 1.165) is 17.7 Å². The monoisotopic (exact) mass is 245 g/mol. The predicted molar refractivity (Wildman–Crippen MR) is 71.3 cm³/mol. The number of nitrogens with one attached hydrogen (secondary N) is 1. The van der Waals surface area contributed by atoms with Crippen molar-refractivity contribution in [1.29, 1.82) is 0 Å². The number of phenolic OH excluding ortho intramolecular Hbond substituents is 1. The third-order valence-corrected chi connectivity index (χ3v) is 2.71. The Kier molecular flexibility index (Phi) is 3.82. The number of phenols is 1. The molecule has 1 unspecified atom stereocenters. The van der Waals surface area contributed by atoms with Crippen LogP contribution in [0, 0.1) is 5.82 Å². The zero-order chi connectivity index (χ0) is 13.0. The van der Waals surface area contributed by atoms with Gasteiger partial charge in [0.15, 0.2) is 0 Å². The molecule has 0 saturated heterocycles. The molecule has 0 aliphatic rings. The molecule has 0 fully saturated rings. The molecule has 2 aromatic carbocycles. The molecule has 0 aromatic heterocycles. The maximum atomic E-state index is 12.8. The third kappa shape index (κ3) is 3.48. The summed E-state index contributed by atoms with van der Waals surface area (Å²) < 4.78 is 12.8. The van der Waals surface area contributed by atoms with E-state index >= 15 is 0 Å². The van der Waals surface area contributed by atoms with Gasteiger partial charge in [0.05, 0.1) is 0 Å². The molecule has 0 bridgehead atoms. The van der Waals surface area contributed by atoms with Crippen LogP contribution in [-0.2, 0) is 6.42 Å². The summed E-state index contributed by atoms with van der Waals surface area (Å²) in [7, 11) is 0. The second kappa shape index (κ2) is 5.54. The van der Waals surface area contributed by atoms with Crippen molar-refractivity contribution in [3.05, 3.63) is 59.9 Å². The van der Waals surface area contributed by atoms with E-state index < -0.39 is 0 Å². The van der Waals surface area contributed by atoms with Crippen LogP contribution in [0.3, 0.4) is 0 Å². The minimum atomic E-state index is -0.235. The van der Waals surface area contributed by atoms with E-state index in [4.69, 9.17) is 0 Å². The molecule has 1 atom stereocenters. The van der Waals surface area contributed by atoms with Crippen molar-refractivity contribution in [2.24, 2.45) is 0 Å². The summed E-state index contributed by atoms with van der Waals surface area (Å²) in [5.41, 5.74) is 1.96. The van der Waals surface area contributed by atoms with Gasteiger partial charge in [-0.25, -0.2) is 4.39 Å². The van der Waals surface area contributed by atoms with Gasteiger partial charge in [0.1, 0.15) is 11.6 Å². The van der Waals surface area contributed by atoms with Crippen LogP contribution < -0.4 is 5.32 Å². The van der Waals surface area contributed by atoms with E-state index in [1.807, 2.05) is 19.1 Å². The van der Waals surface area contributed by atoms with Gasteiger partial charge in [-0.2, -0.15) is 0 Å². The van der Waals surface area contributed by atoms with Crippen LogP contribution in [0.5, 0.6) is 5.75 Å². The standard InChI is InChI=1S/C15H16FNO/c1-11(9-12-3-2-4-15(18)10-12)17-14-7-5-13(16)6-8-14/h2-8,10-11,17-18H,9H2,1H3. The van der Waals surface area contributed by atoms with Gasteiger partial charge in [-0.1, -0.05) is 12.1 Å². The maximum absolute atomic E-state index is 12.8. The highest BCUT2D eigenvalue weighted by Gasteiger charge is 2.04. The Morgan fingerprint density at radius 1 is 1.17 bits per heavy atom. The topological polar surface area (TPSA) is 32.3 Å². The molecule has 0 aliphatic carbocycles. The first-order chi connectivity index (χ1) is 8.63. The normalized spacial score (nSPS) is 12.1. The molecule has 0 spiro atoms. The van der Waals surface area contributed by atoms with Crippen LogP contribution in [0.25, 0.3) is 0 Å². The lowest BCUT2D eigenvalue weighted by Crippen LogP contribution is -2.17. The molecule has 94 valence electrons. The number of aromatic hydroxyl groups is 1. The Bertz CT molecular complexity index is 510. The zero-order valence-electron chi connectivity index (χ0n) is 10.2. The lowest BCUT2D eigenvalue weighted by atomic mass is 10.1. The van der Waals surface area contributed by atoms with Crippen LogP contribution in [0.4, 0.5) is 10.1 Å². The number of rotatable bonds is 4. The third-order valence-electron chi connectivity index (χ3n) is 2.71. The van der Waals surface area contributed by atoms with Crippen molar-refractivity contribution in [3.8, 4) is 5.75 Å². The fourth-order valence-electron chi connectivity index (χ4n) is 1.92. The Morgan fingerprint density at radius 2 is 1.89 bits per heavy atom. The Balaban J connectivity index is 1.96. The highest BCUT2D eigenvalue weighted by atomic mass is 19.1. The van der Waals surface area contributed by atoms with E-state index in [0.29, 0.717) is 0 Å². The molecule has 0 radical (unpaired) electrons. The van der Waals surface area contributed by atoms with E-state index in [1.54, 1.807) is 24.3 Å². The largest absolute Gasteiger partial charge is 0.508 e. The van der Waals surface area contributed by atoms with E-state index in [-0.39, 0.29) is 17.6 Å². The molecule has 2 N–H and O–H groups in total. The molecule has 18 heavy (non-hydrogen) atoms. The lowest BCUT2D eigenvalue weighted by Gasteiger charge is -2.15. The fraction of sp³-hybridized carbons (Fsp3) is 0.200. The number of halogens is 1. The number of hydrogen-bond acceptors (Lipinski definition) is 2. The second-order valence-corrected chi connectivity index (χ2v) is 4.43. The summed E-state index contributed by atoms with van der Waals surface area (Å²) >= 11 is 0. The highest BCUT2D eigenvalue weighted by molar-refractivity contribution is 5.44. The van der Waals surface area contributed by atoms with Crippen molar-refractivity contribution >= 4 is 5.69 Å². The minimum absolute atomic E-state index is 0.206. The van der Waals surface area contributed by atoms with Crippen LogP contribution in [0.15, 0.2) is 48.5 Å². The van der Waals surface area contributed by atoms with Gasteiger partial charge in [0.25, 0.3) is 0 Å². The molecule has 2 aromatic rings. The molecule has 0 saturated carbocycles. The van der Waals surface area contributed by atoms with E-state index in [9.17, 15) is 9.50 Å². The van der Waals surface area contributed by atoms with Crippen LogP contribution in [0.1, 0.15) is 12.5 Å². The first-order valence-electron chi connectivity index (χ1n) is 5.93. The first-order valence-corrected chi connectivity index (χ1v) is 5.93. The molecule has 3 heteroatoms. The lowest BCUT2D eigenvalue weighted by molar-refractivity contribution is 0.474. The zero-order valence-corrected chi connectivity index (χ0v) is 10.2. The van der Waals surface area contributed by atoms with Crippen molar-refractivity contribution in [2.75, 3.05) is 5.32 Å². The summed E-state index contributed by atoms with van der Waals surface area (Å²) in [4.78, 5) is 0. The second-order valence-electron chi connectivity index (χ2n) is 4.43. The summed E-state index contributed by atoms with van der Waals surface area (Å²) in [5.74, 6) is 0.0441. The summed E-state index contributed by atoms with van der Waals surface area (Å²) in [6.07, 6.45) is 0.797. The van der Waals surface area contributed by atoms with Gasteiger partial charge in [-0.05, 0) is 55.3 Å². The van der Waals surface area contributed by atoms with Crippen molar-refractivity contribution in [1.82, 2.24) is 0 Å². The van der Waals surface area contributed by atoms with Crippen molar-refractivity contribution in [3.63, 3.8) is 0 Å². The van der Waals surface area contributed by atoms with Gasteiger partial charge in [-0.15, -0.1) is 0 Å². The van der Waals surface area contributed by atoms with Crippen molar-refractivity contribution in [2.45, 2.75) is 19.4 Å². The molecule has 2 nitrogen and oxygen atoms in total. The quantitative estimate of drug-likeness (QED) is 0.863. The number of anilines is 1. The number of benzene rings is 2. The smallest absolute Gasteiger partial charge is 0.123 e. The molecule has 0 amide bonds. The molecule has 2 rings (SSSR count). The van der Waals surface area contributed by atoms with E-state index in [1.165, 1.54) is 12.1 Å².